The van der Waals surface area contributed by atoms with Gasteiger partial charge in [-0.05, 0) is 61.3 Å². The predicted molar refractivity (Wildman–Crippen MR) is 162 cm³/mol. The molecule has 43 heavy (non-hydrogen) atoms. The Morgan fingerprint density at radius 3 is 2.67 bits per heavy atom. The van der Waals surface area contributed by atoms with E-state index in [1.807, 2.05) is 30.1 Å². The molecule has 0 radical (unpaired) electrons. The molecule has 3 aliphatic rings. The number of nitrogens with one attached hydrogen (secondary N) is 1. The number of carbonyl (C=O) groups is 3. The van der Waals surface area contributed by atoms with Gasteiger partial charge in [0.15, 0.2) is 0 Å². The molecule has 0 spiro atoms. The van der Waals surface area contributed by atoms with E-state index in [4.69, 9.17) is 0 Å². The van der Waals surface area contributed by atoms with Gasteiger partial charge in [-0.1, -0.05) is 6.07 Å². The van der Waals surface area contributed by atoms with E-state index in [0.717, 1.165) is 35.3 Å². The Morgan fingerprint density at radius 2 is 1.93 bits per heavy atom. The smallest absolute Gasteiger partial charge is 0.329 e. The first kappa shape index (κ1) is 29.7. The summed E-state index contributed by atoms with van der Waals surface area (Å²) in [5.74, 6) is 0.359. The van der Waals surface area contributed by atoms with Gasteiger partial charge in [0.05, 0.1) is 11.0 Å². The van der Waals surface area contributed by atoms with Crippen LogP contribution in [0.1, 0.15) is 58.8 Å². The van der Waals surface area contributed by atoms with Crippen molar-refractivity contribution < 1.29 is 28.7 Å². The molecule has 3 amide bonds. The van der Waals surface area contributed by atoms with Crippen molar-refractivity contribution in [1.82, 2.24) is 25.1 Å². The van der Waals surface area contributed by atoms with Crippen LogP contribution in [0.25, 0.3) is 10.1 Å². The van der Waals surface area contributed by atoms with Crippen LogP contribution in [0, 0.1) is 0 Å². The highest BCUT2D eigenvalue weighted by Crippen LogP contribution is 2.40. The first-order chi connectivity index (χ1) is 20.5. The maximum Gasteiger partial charge on any atom is 0.329 e. The number of hydrogen-bond acceptors (Lipinski definition) is 8. The Hall–Kier alpha value is -3.38. The third-order valence-corrected chi connectivity index (χ3v) is 10.5. The third kappa shape index (κ3) is 6.04. The molecule has 14 heteroatoms. The van der Waals surface area contributed by atoms with Gasteiger partial charge < -0.3 is 29.8 Å². The molecule has 0 aliphatic carbocycles. The van der Waals surface area contributed by atoms with Crippen molar-refractivity contribution >= 4 is 52.6 Å². The fourth-order valence-electron chi connectivity index (χ4n) is 6.57. The van der Waals surface area contributed by atoms with Gasteiger partial charge in [-0.15, -0.1) is 11.3 Å². The molecule has 3 atom stereocenters. The summed E-state index contributed by atoms with van der Waals surface area (Å²) in [4.78, 5) is 73.9. The first-order valence-corrected chi connectivity index (χ1v) is 17.1. The van der Waals surface area contributed by atoms with Gasteiger partial charge in [-0.3, -0.25) is 18.9 Å². The zero-order valence-corrected chi connectivity index (χ0v) is 25.8. The number of rotatable bonds is 7. The summed E-state index contributed by atoms with van der Waals surface area (Å²) in [6.07, 6.45) is 6.40. The van der Waals surface area contributed by atoms with E-state index in [1.54, 1.807) is 29.2 Å². The summed E-state index contributed by atoms with van der Waals surface area (Å²) >= 11 is 1.26. The van der Waals surface area contributed by atoms with Crippen molar-refractivity contribution in [3.63, 3.8) is 0 Å². The van der Waals surface area contributed by atoms with Crippen LogP contribution in [-0.2, 0) is 20.3 Å². The van der Waals surface area contributed by atoms with Crippen LogP contribution in [0.4, 0.5) is 5.82 Å². The topological polar surface area (TPSA) is 156 Å². The van der Waals surface area contributed by atoms with Gasteiger partial charge in [0.1, 0.15) is 24.2 Å². The number of fused-ring (bicyclic) bond motifs is 2. The Morgan fingerprint density at radius 1 is 1.14 bits per heavy atom. The predicted octanol–water partition coefficient (Wildman–Crippen LogP) is 2.70. The summed E-state index contributed by atoms with van der Waals surface area (Å²) in [6, 6.07) is 5.48. The number of aromatic nitrogens is 2. The van der Waals surface area contributed by atoms with Gasteiger partial charge in [0.2, 0.25) is 11.8 Å². The third-order valence-electron chi connectivity index (χ3n) is 8.64. The van der Waals surface area contributed by atoms with Crippen molar-refractivity contribution in [1.29, 1.82) is 0 Å². The fourth-order valence-corrected chi connectivity index (χ4v) is 8.19. The van der Waals surface area contributed by atoms with Crippen LogP contribution in [-0.4, -0.2) is 92.6 Å². The zero-order valence-electron chi connectivity index (χ0n) is 24.0. The van der Waals surface area contributed by atoms with Crippen molar-refractivity contribution in [2.24, 2.45) is 0 Å². The summed E-state index contributed by atoms with van der Waals surface area (Å²) in [5.41, 5.74) is 1.50. The maximum absolute atomic E-state index is 13.8. The monoisotopic (exact) mass is 626 g/mol. The van der Waals surface area contributed by atoms with Crippen molar-refractivity contribution in [3.05, 3.63) is 52.8 Å². The van der Waals surface area contributed by atoms with Gasteiger partial charge >= 0.3 is 7.60 Å². The Bertz CT molecular complexity index is 1620. The van der Waals surface area contributed by atoms with Crippen LogP contribution in [0.5, 0.6) is 0 Å². The van der Waals surface area contributed by atoms with Crippen molar-refractivity contribution in [2.75, 3.05) is 32.1 Å². The van der Waals surface area contributed by atoms with Crippen LogP contribution < -0.4 is 10.2 Å². The van der Waals surface area contributed by atoms with Gasteiger partial charge in [0, 0.05) is 55.6 Å². The number of benzene rings is 1. The molecular weight excluding hydrogens is 591 g/mol. The van der Waals surface area contributed by atoms with Crippen LogP contribution >= 0.6 is 18.9 Å². The minimum absolute atomic E-state index is 0.0138. The molecule has 3 saturated heterocycles. The largest absolute Gasteiger partial charge is 0.362 e. The highest BCUT2D eigenvalue weighted by Gasteiger charge is 2.47. The molecule has 0 bridgehead atoms. The molecule has 5 heterocycles. The minimum Gasteiger partial charge on any atom is -0.362 e. The fraction of sp³-hybridized carbons (Fsp3) is 0.483. The molecular formula is C29H35N6O6PS. The van der Waals surface area contributed by atoms with Gasteiger partial charge in [-0.25, -0.2) is 9.97 Å². The molecule has 0 unspecified atom stereocenters. The maximum atomic E-state index is 13.8. The number of carbonyl (C=O) groups excluding carboxylic acids is 3. The summed E-state index contributed by atoms with van der Waals surface area (Å²) < 4.78 is 12.2. The Labute approximate surface area is 253 Å². The van der Waals surface area contributed by atoms with Crippen LogP contribution in [0.3, 0.4) is 0 Å². The highest BCUT2D eigenvalue weighted by molar-refractivity contribution is 7.50. The second kappa shape index (κ2) is 11.6. The molecule has 12 nitrogen and oxygen atoms in total. The van der Waals surface area contributed by atoms with E-state index in [9.17, 15) is 28.7 Å². The molecule has 228 valence electrons. The van der Waals surface area contributed by atoms with E-state index >= 15 is 0 Å². The van der Waals surface area contributed by atoms with E-state index in [2.05, 4.69) is 15.3 Å². The lowest BCUT2D eigenvalue weighted by Crippen LogP contribution is -2.58. The number of thiophene rings is 1. The number of amides is 3. The molecule has 1 aromatic carbocycles. The summed E-state index contributed by atoms with van der Waals surface area (Å²) in [6.45, 7) is 1.11. The highest BCUT2D eigenvalue weighted by atomic mass is 32.1. The molecule has 2 aromatic heterocycles. The van der Waals surface area contributed by atoms with Crippen LogP contribution in [0.15, 0.2) is 36.8 Å². The number of anilines is 1. The normalized spacial score (nSPS) is 22.7. The van der Waals surface area contributed by atoms with Crippen molar-refractivity contribution in [3.8, 4) is 0 Å². The lowest BCUT2D eigenvalue weighted by molar-refractivity contribution is -0.148. The van der Waals surface area contributed by atoms with E-state index in [-0.39, 0.29) is 35.8 Å². The average Bonchev–Trinajstić information content (AvgIpc) is 3.51. The SMILES string of the molecule is CN(C)c1ncncc1C1CN(C(=O)[C@@H]2CC[C@@H]3CCC[C@H](NC(=O)c4cc5cc(CP(=O)(O)O)ccc5s4)C(=O)N32)C1. The summed E-state index contributed by atoms with van der Waals surface area (Å²) in [5, 5.41) is 3.64. The number of likely N-dealkylation sites (tertiary alicyclic amines) is 1. The zero-order chi connectivity index (χ0) is 30.5. The Balaban J connectivity index is 1.13. The Kier molecular flexibility index (Phi) is 8.01. The lowest BCUT2D eigenvalue weighted by atomic mass is 9.91. The molecule has 3 fully saturated rings. The second-order valence-corrected chi connectivity index (χ2v) is 14.6. The molecule has 6 rings (SSSR count). The molecule has 0 saturated carbocycles. The second-order valence-electron chi connectivity index (χ2n) is 11.9. The summed E-state index contributed by atoms with van der Waals surface area (Å²) in [7, 11) is -0.355. The molecule has 3 aliphatic heterocycles. The van der Waals surface area contributed by atoms with E-state index < -0.39 is 19.7 Å². The van der Waals surface area contributed by atoms with Gasteiger partial charge in [-0.2, -0.15) is 0 Å². The van der Waals surface area contributed by atoms with E-state index in [1.165, 1.54) is 17.7 Å². The van der Waals surface area contributed by atoms with Crippen LogP contribution in [0.2, 0.25) is 0 Å². The molecule has 3 aromatic rings. The molecule has 3 N–H and O–H groups in total. The number of hydrogen-bond donors (Lipinski definition) is 3. The quantitative estimate of drug-likeness (QED) is 0.336. The van der Waals surface area contributed by atoms with Crippen molar-refractivity contribution in [2.45, 2.75) is 62.3 Å². The van der Waals surface area contributed by atoms with Gasteiger partial charge in [0.25, 0.3) is 5.91 Å². The number of nitrogens with zero attached hydrogens (tertiary/aromatic N) is 5. The average molecular weight is 627 g/mol. The lowest BCUT2D eigenvalue weighted by Gasteiger charge is -2.43. The first-order valence-electron chi connectivity index (χ1n) is 14.4. The standard InChI is InChI=1S/C29H35N6O6PS/c1-33(2)26-21(12-30-16-31-26)19-13-34(14-19)29(38)23-8-7-20-4-3-5-22(28(37)35(20)23)32-27(36)25-11-18-10-17(15-42(39,40)41)6-9-24(18)43-25/h6,9-12,16,19-20,22-23H,3-5,7-8,13-15H2,1-2H3,(H,32,36)(H2,39,40,41)/t20-,22-,23-/m0/s1. The van der Waals surface area contributed by atoms with E-state index in [0.29, 0.717) is 41.8 Å². The minimum atomic E-state index is -4.21.